The maximum Gasteiger partial charge on any atom is 0.314 e. The van der Waals surface area contributed by atoms with Crippen molar-refractivity contribution in [2.75, 3.05) is 0 Å². The topological polar surface area (TPSA) is 69.4 Å². The summed E-state index contributed by atoms with van der Waals surface area (Å²) < 4.78 is 5.41. The Morgan fingerprint density at radius 3 is 1.81 bits per heavy atom. The first-order valence-corrected chi connectivity index (χ1v) is 10.2. The number of nitrogens with two attached hydrogens (primary N) is 1. The fourth-order valence-electron chi connectivity index (χ4n) is 3.72. The Bertz CT molecular complexity index is 555. The summed E-state index contributed by atoms with van der Waals surface area (Å²) in [6, 6.07) is 7.81. The van der Waals surface area contributed by atoms with Crippen molar-refractivity contribution >= 4 is 11.9 Å². The maximum atomic E-state index is 11.9. The highest BCUT2D eigenvalue weighted by Gasteiger charge is 2.22. The van der Waals surface area contributed by atoms with Crippen molar-refractivity contribution in [2.24, 2.45) is 17.6 Å². The second-order valence-electron chi connectivity index (χ2n) is 7.49. The van der Waals surface area contributed by atoms with Gasteiger partial charge in [-0.2, -0.15) is 0 Å². The number of carbonyl (C=O) groups is 2. The molecule has 0 heterocycles. The molecule has 1 aromatic rings. The minimum Gasteiger partial charge on any atom is -0.426 e. The third-order valence-electron chi connectivity index (χ3n) is 5.50. The van der Waals surface area contributed by atoms with Crippen LogP contribution < -0.4 is 10.5 Å². The normalized spacial score (nSPS) is 18.5. The summed E-state index contributed by atoms with van der Waals surface area (Å²) in [5, 5.41) is 0. The van der Waals surface area contributed by atoms with Crippen LogP contribution in [0.25, 0.3) is 0 Å². The van der Waals surface area contributed by atoms with Crippen molar-refractivity contribution in [3.63, 3.8) is 0 Å². The van der Waals surface area contributed by atoms with Gasteiger partial charge in [0.1, 0.15) is 5.75 Å². The molecule has 0 aromatic heterocycles. The lowest BCUT2D eigenvalue weighted by atomic mass is 9.89. The number of hydrogen-bond donors (Lipinski definition) is 1. The SMILES string of the molecule is CCc1ccc(OC(=O)C2CCCCC2)cc1.NC(=O)C1CCCCC1. The molecule has 2 saturated carbocycles. The Morgan fingerprint density at radius 2 is 1.38 bits per heavy atom. The fourth-order valence-corrected chi connectivity index (χ4v) is 3.72. The van der Waals surface area contributed by atoms with Crippen LogP contribution in [-0.4, -0.2) is 11.9 Å². The van der Waals surface area contributed by atoms with Crippen LogP contribution in [0.2, 0.25) is 0 Å². The minimum absolute atomic E-state index is 0.0473. The van der Waals surface area contributed by atoms with E-state index < -0.39 is 0 Å². The van der Waals surface area contributed by atoms with E-state index in [0.29, 0.717) is 5.75 Å². The molecule has 0 bridgehead atoms. The van der Waals surface area contributed by atoms with E-state index in [4.69, 9.17) is 10.5 Å². The molecule has 2 N–H and O–H groups in total. The Labute approximate surface area is 157 Å². The van der Waals surface area contributed by atoms with Crippen LogP contribution in [0, 0.1) is 11.8 Å². The standard InChI is InChI=1S/C15H20O2.C7H13NO/c1-2-12-8-10-14(11-9-12)17-15(16)13-6-4-3-5-7-13;8-7(9)6-4-2-1-3-5-6/h8-11,13H,2-7H2,1H3;6H,1-5H2,(H2,8,9). The van der Waals surface area contributed by atoms with Crippen molar-refractivity contribution < 1.29 is 14.3 Å². The molecule has 3 rings (SSSR count). The van der Waals surface area contributed by atoms with Crippen LogP contribution in [0.5, 0.6) is 5.75 Å². The third kappa shape index (κ3) is 6.81. The molecule has 0 radical (unpaired) electrons. The van der Waals surface area contributed by atoms with Crippen LogP contribution in [-0.2, 0) is 16.0 Å². The van der Waals surface area contributed by atoms with E-state index in [0.717, 1.165) is 44.9 Å². The number of hydrogen-bond acceptors (Lipinski definition) is 3. The second-order valence-corrected chi connectivity index (χ2v) is 7.49. The van der Waals surface area contributed by atoms with Gasteiger partial charge in [-0.05, 0) is 49.8 Å². The van der Waals surface area contributed by atoms with E-state index in [9.17, 15) is 9.59 Å². The molecule has 2 aliphatic rings. The molecule has 0 saturated heterocycles. The summed E-state index contributed by atoms with van der Waals surface area (Å²) in [5.74, 6) is 0.842. The lowest BCUT2D eigenvalue weighted by molar-refractivity contribution is -0.140. The van der Waals surface area contributed by atoms with E-state index in [2.05, 4.69) is 6.92 Å². The summed E-state index contributed by atoms with van der Waals surface area (Å²) in [6.07, 6.45) is 12.3. The van der Waals surface area contributed by atoms with Crippen molar-refractivity contribution in [2.45, 2.75) is 77.6 Å². The molecular weight excluding hydrogens is 326 g/mol. The van der Waals surface area contributed by atoms with Crippen LogP contribution in [0.15, 0.2) is 24.3 Å². The zero-order chi connectivity index (χ0) is 18.8. The zero-order valence-electron chi connectivity index (χ0n) is 16.0. The van der Waals surface area contributed by atoms with Gasteiger partial charge < -0.3 is 10.5 Å². The highest BCUT2D eigenvalue weighted by Crippen LogP contribution is 2.26. The van der Waals surface area contributed by atoms with E-state index in [1.54, 1.807) is 0 Å². The fraction of sp³-hybridized carbons (Fsp3) is 0.636. The van der Waals surface area contributed by atoms with Crippen molar-refractivity contribution in [3.8, 4) is 5.75 Å². The van der Waals surface area contributed by atoms with Crippen molar-refractivity contribution in [1.82, 2.24) is 0 Å². The van der Waals surface area contributed by atoms with E-state index >= 15 is 0 Å². The van der Waals surface area contributed by atoms with Gasteiger partial charge in [0.05, 0.1) is 5.92 Å². The van der Waals surface area contributed by atoms with Crippen LogP contribution >= 0.6 is 0 Å². The number of rotatable bonds is 4. The monoisotopic (exact) mass is 359 g/mol. The van der Waals surface area contributed by atoms with E-state index in [1.807, 2.05) is 24.3 Å². The number of benzene rings is 1. The maximum absolute atomic E-state index is 11.9. The Kier molecular flexibility index (Phi) is 8.66. The second kappa shape index (κ2) is 11.0. The number of primary amides is 1. The molecule has 4 heteroatoms. The Hall–Kier alpha value is -1.84. The predicted molar refractivity (Wildman–Crippen MR) is 104 cm³/mol. The number of ether oxygens (including phenoxy) is 1. The van der Waals surface area contributed by atoms with Gasteiger partial charge in [0, 0.05) is 5.92 Å². The van der Waals surface area contributed by atoms with Crippen molar-refractivity contribution in [3.05, 3.63) is 29.8 Å². The predicted octanol–water partition coefficient (Wildman–Crippen LogP) is 4.79. The molecule has 1 amide bonds. The molecule has 0 aliphatic heterocycles. The first-order valence-electron chi connectivity index (χ1n) is 10.2. The molecule has 1 aromatic carbocycles. The molecule has 2 aliphatic carbocycles. The first kappa shape index (κ1) is 20.5. The van der Waals surface area contributed by atoms with Crippen LogP contribution in [0.1, 0.15) is 76.7 Å². The zero-order valence-corrected chi connectivity index (χ0v) is 16.0. The number of esters is 1. The summed E-state index contributed by atoms with van der Waals surface area (Å²) in [7, 11) is 0. The smallest absolute Gasteiger partial charge is 0.314 e. The van der Waals surface area contributed by atoms with Crippen molar-refractivity contribution in [1.29, 1.82) is 0 Å². The van der Waals surface area contributed by atoms with Gasteiger partial charge in [0.2, 0.25) is 5.91 Å². The lowest BCUT2D eigenvalue weighted by Gasteiger charge is -2.19. The van der Waals surface area contributed by atoms with Gasteiger partial charge in [-0.3, -0.25) is 9.59 Å². The molecule has 0 atom stereocenters. The molecule has 4 nitrogen and oxygen atoms in total. The lowest BCUT2D eigenvalue weighted by Crippen LogP contribution is -2.24. The van der Waals surface area contributed by atoms with Crippen LogP contribution in [0.3, 0.4) is 0 Å². The van der Waals surface area contributed by atoms with Gasteiger partial charge in [-0.25, -0.2) is 0 Å². The van der Waals surface area contributed by atoms with Gasteiger partial charge in [-0.15, -0.1) is 0 Å². The number of aryl methyl sites for hydroxylation is 1. The number of carbonyl (C=O) groups excluding carboxylic acids is 2. The Morgan fingerprint density at radius 1 is 0.885 bits per heavy atom. The van der Waals surface area contributed by atoms with Gasteiger partial charge in [0.15, 0.2) is 0 Å². The molecule has 0 unspecified atom stereocenters. The average molecular weight is 360 g/mol. The minimum atomic E-state index is -0.102. The van der Waals surface area contributed by atoms with E-state index in [-0.39, 0.29) is 23.7 Å². The summed E-state index contributed by atoms with van der Waals surface area (Å²) in [6.45, 7) is 2.11. The summed E-state index contributed by atoms with van der Waals surface area (Å²) >= 11 is 0. The highest BCUT2D eigenvalue weighted by molar-refractivity contribution is 5.76. The average Bonchev–Trinajstić information content (AvgIpc) is 2.70. The van der Waals surface area contributed by atoms with Crippen LogP contribution in [0.4, 0.5) is 0 Å². The molecular formula is C22H33NO3. The third-order valence-corrected chi connectivity index (χ3v) is 5.50. The van der Waals surface area contributed by atoms with Gasteiger partial charge >= 0.3 is 5.97 Å². The molecule has 144 valence electrons. The van der Waals surface area contributed by atoms with Gasteiger partial charge in [0.25, 0.3) is 0 Å². The number of amides is 1. The molecule has 0 spiro atoms. The van der Waals surface area contributed by atoms with E-state index in [1.165, 1.54) is 31.2 Å². The first-order chi connectivity index (χ1) is 12.6. The quantitative estimate of drug-likeness (QED) is 0.621. The summed E-state index contributed by atoms with van der Waals surface area (Å²) in [5.41, 5.74) is 6.39. The largest absolute Gasteiger partial charge is 0.426 e. The highest BCUT2D eigenvalue weighted by atomic mass is 16.5. The molecule has 26 heavy (non-hydrogen) atoms. The summed E-state index contributed by atoms with van der Waals surface area (Å²) in [4.78, 5) is 22.5. The molecule has 2 fully saturated rings. The Balaban J connectivity index is 0.000000228. The van der Waals surface area contributed by atoms with Gasteiger partial charge in [-0.1, -0.05) is 57.6 Å².